The maximum absolute atomic E-state index is 2.23. The van der Waals surface area contributed by atoms with Gasteiger partial charge in [-0.05, 0) is 27.2 Å². The Labute approximate surface area is 72.0 Å². The summed E-state index contributed by atoms with van der Waals surface area (Å²) in [5.41, 5.74) is 2.75. The molecule has 0 aromatic heterocycles. The molecular weight excluding hydrogens is 132 g/mol. The van der Waals surface area contributed by atoms with E-state index in [1.165, 1.54) is 11.1 Å². The highest BCUT2D eigenvalue weighted by Crippen LogP contribution is 2.00. The lowest BCUT2D eigenvalue weighted by Crippen LogP contribution is -1.69. The lowest BCUT2D eigenvalue weighted by Gasteiger charge is -1.90. The Morgan fingerprint density at radius 2 is 1.55 bits per heavy atom. The van der Waals surface area contributed by atoms with Crippen LogP contribution in [0.4, 0.5) is 0 Å². The molecule has 0 amide bonds. The van der Waals surface area contributed by atoms with Gasteiger partial charge in [-0.15, -0.1) is 0 Å². The molecule has 0 fully saturated rings. The quantitative estimate of drug-likeness (QED) is 0.519. The van der Waals surface area contributed by atoms with Crippen molar-refractivity contribution in [3.05, 3.63) is 23.3 Å². The van der Waals surface area contributed by atoms with Gasteiger partial charge in [-0.25, -0.2) is 0 Å². The SMILES string of the molecule is CC.CC/C=C(/C)C=C(C)C. The zero-order chi connectivity index (χ0) is 9.28. The Morgan fingerprint density at radius 1 is 1.09 bits per heavy atom. The fourth-order valence-corrected chi connectivity index (χ4v) is 0.836. The second-order valence-corrected chi connectivity index (χ2v) is 2.58. The van der Waals surface area contributed by atoms with Crippen molar-refractivity contribution in [2.75, 3.05) is 0 Å². The normalized spacial score (nSPS) is 9.82. The van der Waals surface area contributed by atoms with Gasteiger partial charge in [0.05, 0.1) is 0 Å². The highest BCUT2D eigenvalue weighted by Gasteiger charge is 1.79. The van der Waals surface area contributed by atoms with Crippen LogP contribution in [0, 0.1) is 0 Å². The van der Waals surface area contributed by atoms with Crippen molar-refractivity contribution in [3.8, 4) is 0 Å². The second kappa shape index (κ2) is 9.48. The predicted octanol–water partition coefficient (Wildman–Crippen LogP) is 4.34. The fraction of sp³-hybridized carbons (Fsp3) is 0.636. The zero-order valence-corrected chi connectivity index (χ0v) is 8.86. The Morgan fingerprint density at radius 3 is 1.82 bits per heavy atom. The Bertz CT molecular complexity index is 123. The maximum atomic E-state index is 2.23. The van der Waals surface area contributed by atoms with Crippen LogP contribution in [0.5, 0.6) is 0 Å². The van der Waals surface area contributed by atoms with E-state index in [1.54, 1.807) is 0 Å². The van der Waals surface area contributed by atoms with E-state index < -0.39 is 0 Å². The van der Waals surface area contributed by atoms with Gasteiger partial charge in [-0.1, -0.05) is 44.1 Å². The average Bonchev–Trinajstić information content (AvgIpc) is 1.91. The average molecular weight is 154 g/mol. The van der Waals surface area contributed by atoms with Gasteiger partial charge in [0.25, 0.3) is 0 Å². The van der Waals surface area contributed by atoms with E-state index in [4.69, 9.17) is 0 Å². The van der Waals surface area contributed by atoms with Gasteiger partial charge < -0.3 is 0 Å². The maximum Gasteiger partial charge on any atom is -0.0374 e. The zero-order valence-electron chi connectivity index (χ0n) is 8.86. The third-order valence-corrected chi connectivity index (χ3v) is 1.04. The van der Waals surface area contributed by atoms with Crippen LogP contribution in [0.3, 0.4) is 0 Å². The summed E-state index contributed by atoms with van der Waals surface area (Å²) in [6.45, 7) is 12.5. The summed E-state index contributed by atoms with van der Waals surface area (Å²) in [7, 11) is 0. The van der Waals surface area contributed by atoms with Crippen molar-refractivity contribution >= 4 is 0 Å². The minimum atomic E-state index is 1.13. The molecule has 0 saturated heterocycles. The number of allylic oxidation sites excluding steroid dienone is 4. The minimum absolute atomic E-state index is 1.13. The van der Waals surface area contributed by atoms with E-state index in [1.807, 2.05) is 13.8 Å². The van der Waals surface area contributed by atoms with Crippen LogP contribution < -0.4 is 0 Å². The molecule has 0 bridgehead atoms. The molecule has 0 atom stereocenters. The summed E-state index contributed by atoms with van der Waals surface area (Å²) >= 11 is 0. The summed E-state index contributed by atoms with van der Waals surface area (Å²) in [4.78, 5) is 0. The van der Waals surface area contributed by atoms with Crippen molar-refractivity contribution in [1.29, 1.82) is 0 Å². The van der Waals surface area contributed by atoms with Crippen molar-refractivity contribution < 1.29 is 0 Å². The molecule has 0 aromatic carbocycles. The smallest absolute Gasteiger partial charge is 0.0374 e. The second-order valence-electron chi connectivity index (χ2n) is 2.58. The van der Waals surface area contributed by atoms with Crippen LogP contribution in [0.2, 0.25) is 0 Å². The molecule has 0 nitrogen and oxygen atoms in total. The van der Waals surface area contributed by atoms with E-state index in [-0.39, 0.29) is 0 Å². The van der Waals surface area contributed by atoms with Crippen molar-refractivity contribution in [3.63, 3.8) is 0 Å². The lowest BCUT2D eigenvalue weighted by molar-refractivity contribution is 1.19. The molecule has 11 heavy (non-hydrogen) atoms. The first-order valence-electron chi connectivity index (χ1n) is 4.48. The van der Waals surface area contributed by atoms with Gasteiger partial charge in [0, 0.05) is 0 Å². The summed E-state index contributed by atoms with van der Waals surface area (Å²) in [6, 6.07) is 0. The highest BCUT2D eigenvalue weighted by molar-refractivity contribution is 5.18. The molecule has 0 aromatic rings. The van der Waals surface area contributed by atoms with Crippen molar-refractivity contribution in [2.24, 2.45) is 0 Å². The van der Waals surface area contributed by atoms with Crippen LogP contribution in [-0.2, 0) is 0 Å². The van der Waals surface area contributed by atoms with Crippen LogP contribution in [0.25, 0.3) is 0 Å². The Hall–Kier alpha value is -0.520. The van der Waals surface area contributed by atoms with E-state index in [0.29, 0.717) is 0 Å². The van der Waals surface area contributed by atoms with E-state index >= 15 is 0 Å². The van der Waals surface area contributed by atoms with Gasteiger partial charge in [-0.3, -0.25) is 0 Å². The first-order valence-corrected chi connectivity index (χ1v) is 4.48. The molecular formula is C11H22. The van der Waals surface area contributed by atoms with Crippen LogP contribution in [0.1, 0.15) is 48.0 Å². The third-order valence-electron chi connectivity index (χ3n) is 1.04. The molecule has 0 aliphatic carbocycles. The summed E-state index contributed by atoms with van der Waals surface area (Å²) in [6.07, 6.45) is 5.56. The summed E-state index contributed by atoms with van der Waals surface area (Å²) < 4.78 is 0. The minimum Gasteiger partial charge on any atom is -0.0819 e. The molecule has 0 aliphatic rings. The van der Waals surface area contributed by atoms with Gasteiger partial charge in [-0.2, -0.15) is 0 Å². The molecule has 0 unspecified atom stereocenters. The molecule has 0 N–H and O–H groups in total. The first kappa shape index (κ1) is 13.1. The van der Waals surface area contributed by atoms with E-state index in [2.05, 4.69) is 39.8 Å². The van der Waals surface area contributed by atoms with Gasteiger partial charge in [0.1, 0.15) is 0 Å². The summed E-state index contributed by atoms with van der Waals surface area (Å²) in [5, 5.41) is 0. The third kappa shape index (κ3) is 12.6. The largest absolute Gasteiger partial charge is 0.0819 e. The van der Waals surface area contributed by atoms with E-state index in [0.717, 1.165) is 6.42 Å². The van der Waals surface area contributed by atoms with Crippen LogP contribution in [0.15, 0.2) is 23.3 Å². The molecule has 0 radical (unpaired) electrons. The molecule has 0 rings (SSSR count). The fourth-order valence-electron chi connectivity index (χ4n) is 0.836. The van der Waals surface area contributed by atoms with Crippen LogP contribution in [-0.4, -0.2) is 0 Å². The van der Waals surface area contributed by atoms with Gasteiger partial charge in [0.15, 0.2) is 0 Å². The Balaban J connectivity index is 0. The monoisotopic (exact) mass is 154 g/mol. The topological polar surface area (TPSA) is 0 Å². The van der Waals surface area contributed by atoms with Crippen molar-refractivity contribution in [1.82, 2.24) is 0 Å². The number of rotatable bonds is 2. The standard InChI is InChI=1S/C9H16.C2H6/c1-5-6-9(4)7-8(2)3;1-2/h6-7H,5H2,1-4H3;1-2H3/b9-6-;. The van der Waals surface area contributed by atoms with Crippen molar-refractivity contribution in [2.45, 2.75) is 48.0 Å². The first-order chi connectivity index (χ1) is 5.16. The molecule has 0 heterocycles. The van der Waals surface area contributed by atoms with Gasteiger partial charge >= 0.3 is 0 Å². The summed E-state index contributed by atoms with van der Waals surface area (Å²) in [5.74, 6) is 0. The molecule has 0 aliphatic heterocycles. The predicted molar refractivity (Wildman–Crippen MR) is 54.8 cm³/mol. The molecule has 0 heteroatoms. The molecule has 0 spiro atoms. The Kier molecular flexibility index (Phi) is 11.3. The molecule has 66 valence electrons. The number of hydrogen-bond donors (Lipinski definition) is 0. The molecule has 0 saturated carbocycles. The number of hydrogen-bond acceptors (Lipinski definition) is 0. The van der Waals surface area contributed by atoms with Gasteiger partial charge in [0.2, 0.25) is 0 Å². The van der Waals surface area contributed by atoms with E-state index in [9.17, 15) is 0 Å². The lowest BCUT2D eigenvalue weighted by atomic mass is 10.2. The highest BCUT2D eigenvalue weighted by atomic mass is 13.9. The van der Waals surface area contributed by atoms with Crippen LogP contribution >= 0.6 is 0 Å².